The normalized spacial score (nSPS) is 19.5. The maximum Gasteiger partial charge on any atom is 0.246 e. The van der Waals surface area contributed by atoms with Crippen LogP contribution in [0.25, 0.3) is 10.4 Å². The molecule has 2 aromatic rings. The molecule has 1 aliphatic rings. The number of likely N-dealkylation sites (tertiary alicyclic amines) is 1. The summed E-state index contributed by atoms with van der Waals surface area (Å²) < 4.78 is 0. The van der Waals surface area contributed by atoms with E-state index in [9.17, 15) is 19.5 Å². The molecule has 3 N–H and O–H groups in total. The Kier molecular flexibility index (Phi) is 9.60. The number of hydrogen-bond donors (Lipinski definition) is 3. The minimum absolute atomic E-state index is 0.0542. The summed E-state index contributed by atoms with van der Waals surface area (Å²) in [4.78, 5) is 46.1. The van der Waals surface area contributed by atoms with Crippen LogP contribution in [0.15, 0.2) is 29.8 Å². The number of amides is 3. The molecule has 1 aromatic carbocycles. The Bertz CT molecular complexity index is 1160. The van der Waals surface area contributed by atoms with Gasteiger partial charge in [-0.05, 0) is 41.7 Å². The van der Waals surface area contributed by atoms with E-state index in [0.717, 1.165) is 34.5 Å². The fourth-order valence-electron chi connectivity index (χ4n) is 4.94. The van der Waals surface area contributed by atoms with Crippen LogP contribution < -0.4 is 10.6 Å². The molecule has 3 amide bonds. The predicted octanol–water partition coefficient (Wildman–Crippen LogP) is 4.61. The quantitative estimate of drug-likeness (QED) is 0.440. The lowest BCUT2D eigenvalue weighted by Gasteiger charge is -2.35. The Morgan fingerprint density at radius 1 is 1.10 bits per heavy atom. The van der Waals surface area contributed by atoms with E-state index in [2.05, 4.69) is 48.5 Å². The maximum absolute atomic E-state index is 13.7. The molecule has 1 aromatic heterocycles. The average Bonchev–Trinajstić information content (AvgIpc) is 3.44. The summed E-state index contributed by atoms with van der Waals surface area (Å²) in [5, 5.41) is 16.4. The van der Waals surface area contributed by atoms with Gasteiger partial charge in [0.05, 0.1) is 28.2 Å². The minimum Gasteiger partial charge on any atom is -0.391 e. The third kappa shape index (κ3) is 8.11. The summed E-state index contributed by atoms with van der Waals surface area (Å²) in [6.45, 7) is 15.5. The molecule has 9 heteroatoms. The Balaban J connectivity index is 1.85. The van der Waals surface area contributed by atoms with Crippen LogP contribution >= 0.6 is 11.3 Å². The fourth-order valence-corrected chi connectivity index (χ4v) is 5.75. The maximum atomic E-state index is 13.7. The van der Waals surface area contributed by atoms with Gasteiger partial charge in [0.2, 0.25) is 17.7 Å². The van der Waals surface area contributed by atoms with Crippen molar-refractivity contribution in [3.63, 3.8) is 0 Å². The van der Waals surface area contributed by atoms with Crippen molar-refractivity contribution in [2.75, 3.05) is 6.54 Å². The Hall–Kier alpha value is -2.78. The summed E-state index contributed by atoms with van der Waals surface area (Å²) in [6.07, 6.45) is 0.966. The molecule has 2 heterocycles. The molecule has 214 valence electrons. The molecule has 3 rings (SSSR count). The molecule has 0 saturated carbocycles. The SMILES string of the molecule is CC(=O)NC(C(=O)N1CC(O)CC1C(=O)NC(CCC(C)(C)C)c1ccc(-c2scnc2C)cc1)C(C)(C)C. The fraction of sp³-hybridized carbons (Fsp3) is 0.600. The zero-order chi connectivity index (χ0) is 29.1. The Morgan fingerprint density at radius 2 is 1.74 bits per heavy atom. The number of hydrogen-bond acceptors (Lipinski definition) is 6. The average molecular weight is 557 g/mol. The molecule has 4 atom stereocenters. The topological polar surface area (TPSA) is 112 Å². The monoisotopic (exact) mass is 556 g/mol. The number of carbonyl (C=O) groups is 3. The van der Waals surface area contributed by atoms with Crippen molar-refractivity contribution in [2.24, 2.45) is 10.8 Å². The molecule has 1 saturated heterocycles. The number of β-amino-alcohol motifs (C(OH)–C–C–N with tert-alkyl or cyclic N) is 1. The molecule has 39 heavy (non-hydrogen) atoms. The second-order valence-electron chi connectivity index (χ2n) is 12.9. The highest BCUT2D eigenvalue weighted by molar-refractivity contribution is 7.13. The molecule has 0 bridgehead atoms. The highest BCUT2D eigenvalue weighted by atomic mass is 32.1. The molecule has 0 aliphatic carbocycles. The van der Waals surface area contributed by atoms with Crippen LogP contribution in [0.1, 0.15) is 85.0 Å². The molecular weight excluding hydrogens is 512 g/mol. The standard InChI is InChI=1S/C30H44N4O4S/c1-18-25(39-17-31-18)21-11-9-20(10-12-21)23(13-14-29(3,4)5)33-27(37)24-15-22(36)16-34(24)28(38)26(30(6,7)8)32-19(2)35/h9-12,17,22-24,26,36H,13-16H2,1-8H3,(H,32,35)(H,33,37). The lowest BCUT2D eigenvalue weighted by atomic mass is 9.85. The Morgan fingerprint density at radius 3 is 2.26 bits per heavy atom. The summed E-state index contributed by atoms with van der Waals surface area (Å²) >= 11 is 1.60. The van der Waals surface area contributed by atoms with Gasteiger partial charge >= 0.3 is 0 Å². The third-order valence-corrected chi connectivity index (χ3v) is 8.12. The van der Waals surface area contributed by atoms with Crippen LogP contribution in [0, 0.1) is 17.8 Å². The first-order valence-corrected chi connectivity index (χ1v) is 14.5. The Labute approximate surface area is 236 Å². The van der Waals surface area contributed by atoms with E-state index in [4.69, 9.17) is 0 Å². The van der Waals surface area contributed by atoms with Crippen molar-refractivity contribution in [3.05, 3.63) is 41.0 Å². The van der Waals surface area contributed by atoms with Crippen LogP contribution in [0.5, 0.6) is 0 Å². The molecule has 1 aliphatic heterocycles. The van der Waals surface area contributed by atoms with Crippen molar-refractivity contribution >= 4 is 29.1 Å². The second-order valence-corrected chi connectivity index (χ2v) is 13.8. The number of aromatic nitrogens is 1. The minimum atomic E-state index is -0.817. The van der Waals surface area contributed by atoms with Crippen LogP contribution in [0.3, 0.4) is 0 Å². The van der Waals surface area contributed by atoms with Crippen molar-refractivity contribution < 1.29 is 19.5 Å². The van der Waals surface area contributed by atoms with Gasteiger partial charge in [0.25, 0.3) is 0 Å². The van der Waals surface area contributed by atoms with Gasteiger partial charge in [0, 0.05) is 19.9 Å². The first-order chi connectivity index (χ1) is 18.1. The zero-order valence-electron chi connectivity index (χ0n) is 24.5. The number of aliphatic hydroxyl groups is 1. The van der Waals surface area contributed by atoms with Gasteiger partial charge < -0.3 is 20.6 Å². The van der Waals surface area contributed by atoms with E-state index >= 15 is 0 Å². The summed E-state index contributed by atoms with van der Waals surface area (Å²) in [6, 6.07) is 6.32. The van der Waals surface area contributed by atoms with E-state index in [-0.39, 0.29) is 42.1 Å². The number of nitrogens with one attached hydrogen (secondary N) is 2. The summed E-state index contributed by atoms with van der Waals surface area (Å²) in [5.74, 6) is -0.968. The van der Waals surface area contributed by atoms with Crippen LogP contribution in [0.2, 0.25) is 0 Å². The van der Waals surface area contributed by atoms with E-state index < -0.39 is 23.6 Å². The van der Waals surface area contributed by atoms with Gasteiger partial charge in [-0.15, -0.1) is 11.3 Å². The van der Waals surface area contributed by atoms with Gasteiger partial charge in [-0.25, -0.2) is 4.98 Å². The third-order valence-electron chi connectivity index (χ3n) is 7.15. The number of carbonyl (C=O) groups excluding carboxylic acids is 3. The van der Waals surface area contributed by atoms with E-state index in [1.807, 2.05) is 45.3 Å². The predicted molar refractivity (Wildman–Crippen MR) is 155 cm³/mol. The zero-order valence-corrected chi connectivity index (χ0v) is 25.3. The number of aliphatic hydroxyl groups excluding tert-OH is 1. The first kappa shape index (κ1) is 30.8. The van der Waals surface area contributed by atoms with Gasteiger partial charge in [0.1, 0.15) is 12.1 Å². The number of nitrogens with zero attached hydrogens (tertiary/aromatic N) is 2. The molecule has 8 nitrogen and oxygen atoms in total. The largest absolute Gasteiger partial charge is 0.391 e. The smallest absolute Gasteiger partial charge is 0.246 e. The number of thiazole rings is 1. The van der Waals surface area contributed by atoms with Crippen LogP contribution in [-0.2, 0) is 14.4 Å². The van der Waals surface area contributed by atoms with Gasteiger partial charge in [-0.1, -0.05) is 65.8 Å². The highest BCUT2D eigenvalue weighted by Gasteiger charge is 2.44. The molecule has 0 radical (unpaired) electrons. The summed E-state index contributed by atoms with van der Waals surface area (Å²) in [5.41, 5.74) is 4.41. The lowest BCUT2D eigenvalue weighted by molar-refractivity contribution is -0.144. The number of benzene rings is 1. The summed E-state index contributed by atoms with van der Waals surface area (Å²) in [7, 11) is 0. The molecular formula is C30H44N4O4S. The molecule has 0 spiro atoms. The van der Waals surface area contributed by atoms with Gasteiger partial charge in [-0.2, -0.15) is 0 Å². The van der Waals surface area contributed by atoms with E-state index in [1.54, 1.807) is 11.3 Å². The van der Waals surface area contributed by atoms with Crippen molar-refractivity contribution in [3.8, 4) is 10.4 Å². The van der Waals surface area contributed by atoms with E-state index in [1.165, 1.54) is 11.8 Å². The highest BCUT2D eigenvalue weighted by Crippen LogP contribution is 2.32. The molecule has 1 fully saturated rings. The van der Waals surface area contributed by atoms with Crippen LogP contribution in [0.4, 0.5) is 0 Å². The van der Waals surface area contributed by atoms with Crippen molar-refractivity contribution in [1.29, 1.82) is 0 Å². The second kappa shape index (κ2) is 12.2. The van der Waals surface area contributed by atoms with Crippen molar-refractivity contribution in [1.82, 2.24) is 20.5 Å². The van der Waals surface area contributed by atoms with Crippen molar-refractivity contribution in [2.45, 2.75) is 98.9 Å². The van der Waals surface area contributed by atoms with E-state index in [0.29, 0.717) is 0 Å². The first-order valence-electron chi connectivity index (χ1n) is 13.6. The lowest BCUT2D eigenvalue weighted by Crippen LogP contribution is -2.57. The number of aryl methyl sites for hydroxylation is 1. The van der Waals surface area contributed by atoms with Crippen LogP contribution in [-0.4, -0.2) is 57.4 Å². The molecule has 4 unspecified atom stereocenters. The van der Waals surface area contributed by atoms with Gasteiger partial charge in [0.15, 0.2) is 0 Å². The van der Waals surface area contributed by atoms with Gasteiger partial charge in [-0.3, -0.25) is 14.4 Å². The number of rotatable bonds is 8.